The largest absolute Gasteiger partial charge is 0.446 e. The van der Waals surface area contributed by atoms with E-state index in [1.54, 1.807) is 0 Å². The van der Waals surface area contributed by atoms with Crippen molar-refractivity contribution in [2.24, 2.45) is 92.7 Å². The van der Waals surface area contributed by atoms with Crippen LogP contribution in [-0.4, -0.2) is 137 Å². The van der Waals surface area contributed by atoms with Gasteiger partial charge in [0.2, 0.25) is 0 Å². The molecule has 12 aliphatic rings. The molecule has 580 valence electrons. The number of imide groups is 2. The van der Waals surface area contributed by atoms with Crippen molar-refractivity contribution in [1.82, 2.24) is 20.4 Å². The second-order valence-electron chi connectivity index (χ2n) is 38.2. The molecule has 16 atom stereocenters. The van der Waals surface area contributed by atoms with Gasteiger partial charge in [0.1, 0.15) is 12.2 Å². The summed E-state index contributed by atoms with van der Waals surface area (Å²) < 4.78 is 24.4. The van der Waals surface area contributed by atoms with E-state index in [1.807, 2.05) is 36.4 Å². The van der Waals surface area contributed by atoms with Gasteiger partial charge in [-0.05, 0) is 218 Å². The molecule has 16 nitrogen and oxygen atoms in total. The first-order valence-electron chi connectivity index (χ1n) is 42.9. The van der Waals surface area contributed by atoms with Gasteiger partial charge in [0.05, 0.1) is 37.6 Å². The first-order valence-corrected chi connectivity index (χ1v) is 42.9. The number of ether oxygens (including phenoxy) is 4. The number of hydrogen-bond acceptors (Lipinski definition) is 12. The van der Waals surface area contributed by atoms with E-state index in [2.05, 4.69) is 102 Å². The van der Waals surface area contributed by atoms with Crippen molar-refractivity contribution in [3.8, 4) is 0 Å². The SMILES string of the molecule is CC(C)CCC[C@@H](C)[C@H]1CC[C@H]2[C@@H]3CC=C4C[C@@H](OC(=O)NCCN5C(=O)c6ccc7c8c(N9CCOCC9)cc9c%10c(ccc(c%11c(N%12CCOCC%12)cc(c6c7%11)C5=O)c%108)C(=O)N(CCNC(=O)O[C@H]5CC[C@@]6(C)C(=CC[C@H]7[C@@H]8CC[C@H]([C@H](C)CCCC(C)C)[C@@]8(C)CC[C@@H]76)C5)C9=O)CC[C@]4(C)[C@H]3CC[C@]12C. The van der Waals surface area contributed by atoms with Gasteiger partial charge in [-0.25, -0.2) is 9.59 Å². The molecule has 5 aromatic carbocycles. The van der Waals surface area contributed by atoms with E-state index in [9.17, 15) is 9.59 Å². The van der Waals surface area contributed by atoms with Crippen LogP contribution in [0.1, 0.15) is 252 Å². The second kappa shape index (κ2) is 28.8. The van der Waals surface area contributed by atoms with Crippen molar-refractivity contribution in [2.75, 3.05) is 88.6 Å². The Hall–Kier alpha value is -6.78. The number of nitrogens with one attached hydrogen (secondary N) is 2. The summed E-state index contributed by atoms with van der Waals surface area (Å²) in [5, 5.41) is 11.8. The van der Waals surface area contributed by atoms with Crippen LogP contribution in [0.2, 0.25) is 0 Å². The minimum absolute atomic E-state index is 0.0227. The lowest BCUT2D eigenvalue weighted by atomic mass is 9.47. The Morgan fingerprint density at radius 1 is 0.472 bits per heavy atom. The van der Waals surface area contributed by atoms with E-state index in [0.717, 1.165) is 142 Å². The lowest BCUT2D eigenvalue weighted by molar-refractivity contribution is -0.0581. The van der Waals surface area contributed by atoms with Crippen LogP contribution < -0.4 is 20.4 Å². The molecule has 0 unspecified atom stereocenters. The van der Waals surface area contributed by atoms with Crippen LogP contribution in [0.4, 0.5) is 21.0 Å². The predicted molar refractivity (Wildman–Crippen MR) is 427 cm³/mol. The smallest absolute Gasteiger partial charge is 0.407 e. The Kier molecular flexibility index (Phi) is 19.7. The van der Waals surface area contributed by atoms with Crippen LogP contribution in [0.25, 0.3) is 43.1 Å². The number of anilines is 2. The maximum absolute atomic E-state index is 15.4. The number of morpholine rings is 2. The average Bonchev–Trinajstić information content (AvgIpc) is 0.791. The Labute approximate surface area is 641 Å². The zero-order valence-electron chi connectivity index (χ0n) is 66.6. The number of rotatable bonds is 20. The summed E-state index contributed by atoms with van der Waals surface area (Å²) >= 11 is 0. The van der Waals surface area contributed by atoms with Gasteiger partial charge in [0.15, 0.2) is 0 Å². The summed E-state index contributed by atoms with van der Waals surface area (Å²) in [7, 11) is 0. The van der Waals surface area contributed by atoms with Crippen LogP contribution in [0.15, 0.2) is 59.7 Å². The van der Waals surface area contributed by atoms with Gasteiger partial charge in [0.25, 0.3) is 23.6 Å². The number of fused-ring (bicyclic) bond motifs is 12. The third kappa shape index (κ3) is 12.3. The molecular weight excluding hydrogens is 1350 g/mol. The van der Waals surface area contributed by atoms with Crippen molar-refractivity contribution in [2.45, 2.75) is 223 Å². The number of allylic oxidation sites excluding steroid dienone is 2. The fourth-order valence-electron chi connectivity index (χ4n) is 26.5. The van der Waals surface area contributed by atoms with Gasteiger partial charge >= 0.3 is 12.2 Å². The van der Waals surface area contributed by atoms with E-state index in [-0.39, 0.29) is 49.2 Å². The summed E-state index contributed by atoms with van der Waals surface area (Å²) in [4.78, 5) is 95.8. The molecular formula is C92H122N6O10. The van der Waals surface area contributed by atoms with E-state index >= 15 is 19.2 Å². The Morgan fingerprint density at radius 3 is 1.27 bits per heavy atom. The molecule has 6 saturated carbocycles. The van der Waals surface area contributed by atoms with Crippen LogP contribution in [-0.2, 0) is 18.9 Å². The highest BCUT2D eigenvalue weighted by molar-refractivity contribution is 6.44. The molecule has 0 spiro atoms. The monoisotopic (exact) mass is 1470 g/mol. The summed E-state index contributed by atoms with van der Waals surface area (Å²) in [5.41, 5.74) is 7.16. The second-order valence-corrected chi connectivity index (χ2v) is 38.2. The number of amides is 6. The Bertz CT molecular complexity index is 4170. The third-order valence-electron chi connectivity index (χ3n) is 31.9. The number of carbonyl (C=O) groups is 6. The maximum atomic E-state index is 15.4. The standard InChI is InChI=1S/C92H122N6O10/c1-53(2)13-11-15-55(5)69-25-27-71-61-19-17-57-49-59(29-33-89(57,7)73(61)31-35-91(69,71)9)107-87(103)93-37-39-97-83(99)65-23-21-63-80-76(96-43-47-106-48-44-96)52-68-78-66(24-22-64(82(78)80)79-75(95-41-45-105-46-42-95)51-67(85(97)101)77(65)81(63)79)84(100)98(86(68)102)40-38-94-88(104)108-60-30-34-90(8)58(50-60)18-20-62-72-28-26-70(56(6)16-12-14-54(3)4)92(72,10)36-32-74(62)90/h17-18,21-24,51-56,59-62,69-74H,11-16,19-20,25-50H2,1-10H3,(H,93,103)(H,94,104)/t55-,56-,59+,60+,61+,62+,69-,70-,71+,72+,73+,74+,89+,90+,91-,92-/m1/s1. The number of hydrogen-bond donors (Lipinski definition) is 2. The van der Waals surface area contributed by atoms with Gasteiger partial charge < -0.3 is 39.4 Å². The first-order chi connectivity index (χ1) is 52.0. The molecule has 8 fully saturated rings. The van der Waals surface area contributed by atoms with E-state index in [0.29, 0.717) is 120 Å². The van der Waals surface area contributed by atoms with Gasteiger partial charge in [-0.2, -0.15) is 0 Å². The normalized spacial score (nSPS) is 32.9. The molecule has 8 aliphatic carbocycles. The number of nitrogens with zero attached hydrogens (tertiary/aromatic N) is 4. The molecule has 17 rings (SSSR count). The van der Waals surface area contributed by atoms with Gasteiger partial charge in [-0.1, -0.05) is 143 Å². The number of carbonyl (C=O) groups excluding carboxylic acids is 6. The molecule has 0 bridgehead atoms. The molecule has 4 heterocycles. The van der Waals surface area contributed by atoms with Crippen molar-refractivity contribution in [3.63, 3.8) is 0 Å². The molecule has 4 aliphatic heterocycles. The number of benzene rings is 5. The summed E-state index contributed by atoms with van der Waals surface area (Å²) in [6.45, 7) is 28.9. The van der Waals surface area contributed by atoms with Crippen molar-refractivity contribution in [3.05, 3.63) is 82.0 Å². The highest BCUT2D eigenvalue weighted by Crippen LogP contribution is 2.70. The minimum atomic E-state index is -0.534. The molecule has 2 saturated heterocycles. The topological polar surface area (TPSA) is 176 Å². The minimum Gasteiger partial charge on any atom is -0.446 e. The Balaban J connectivity index is 0.582. The van der Waals surface area contributed by atoms with Crippen LogP contribution in [0, 0.1) is 92.7 Å². The van der Waals surface area contributed by atoms with Gasteiger partial charge in [0, 0.05) is 120 Å². The van der Waals surface area contributed by atoms with Crippen molar-refractivity contribution < 1.29 is 47.7 Å². The summed E-state index contributed by atoms with van der Waals surface area (Å²) in [6.07, 6.45) is 29.6. The zero-order valence-corrected chi connectivity index (χ0v) is 66.6. The van der Waals surface area contributed by atoms with E-state index in [4.69, 9.17) is 18.9 Å². The highest BCUT2D eigenvalue weighted by atomic mass is 16.6. The first kappa shape index (κ1) is 74.0. The highest BCUT2D eigenvalue weighted by Gasteiger charge is 2.62. The predicted octanol–water partition coefficient (Wildman–Crippen LogP) is 18.9. The molecule has 6 amide bonds. The molecule has 5 aromatic rings. The van der Waals surface area contributed by atoms with Gasteiger partial charge in [-0.15, -0.1) is 0 Å². The Morgan fingerprint density at radius 2 is 0.870 bits per heavy atom. The zero-order chi connectivity index (χ0) is 75.0. The average molecular weight is 1470 g/mol. The van der Waals surface area contributed by atoms with Crippen molar-refractivity contribution in [1.29, 1.82) is 0 Å². The van der Waals surface area contributed by atoms with Gasteiger partial charge in [-0.3, -0.25) is 29.0 Å². The molecule has 108 heavy (non-hydrogen) atoms. The fraction of sp³-hybridized carbons (Fsp3) is 0.674. The third-order valence-corrected chi connectivity index (χ3v) is 31.9. The molecule has 0 radical (unpaired) electrons. The quantitative estimate of drug-likeness (QED) is 0.0327. The van der Waals surface area contributed by atoms with E-state index in [1.165, 1.54) is 111 Å². The van der Waals surface area contributed by atoms with E-state index < -0.39 is 35.8 Å². The molecule has 2 N–H and O–H groups in total. The number of alkyl carbamates (subject to hydrolysis) is 2. The summed E-state index contributed by atoms with van der Waals surface area (Å²) in [6, 6.07) is 11.5. The summed E-state index contributed by atoms with van der Waals surface area (Å²) in [5.74, 6) is 7.26. The lowest BCUT2D eigenvalue weighted by Crippen LogP contribution is -2.51. The van der Waals surface area contributed by atoms with Crippen LogP contribution in [0.5, 0.6) is 0 Å². The van der Waals surface area contributed by atoms with Crippen LogP contribution >= 0.6 is 0 Å². The fourth-order valence-corrected chi connectivity index (χ4v) is 26.5. The molecule has 0 aromatic heterocycles. The molecule has 16 heteroatoms. The van der Waals surface area contributed by atoms with Crippen molar-refractivity contribution >= 4 is 90.3 Å². The maximum Gasteiger partial charge on any atom is 0.407 e. The lowest BCUT2D eigenvalue weighted by Gasteiger charge is -2.58. The van der Waals surface area contributed by atoms with Crippen LogP contribution in [0.3, 0.4) is 0 Å².